The van der Waals surface area contributed by atoms with Gasteiger partial charge in [-0.2, -0.15) is 5.10 Å². The van der Waals surface area contributed by atoms with E-state index in [0.29, 0.717) is 34.7 Å². The van der Waals surface area contributed by atoms with Gasteiger partial charge in [0.2, 0.25) is 0 Å². The molecule has 2 rings (SSSR count). The standard InChI is InChI=1S/C18H24BrN3O3/c1-4-8-25-17-15(19)9-14(10-16(17)24-3)18(23)20-6-5-7-22-12-13(2)11-21-22/h9-12H,4-8H2,1-3H3,(H,20,23). The molecule has 2 aromatic rings. The van der Waals surface area contributed by atoms with Crippen LogP contribution in [0.1, 0.15) is 35.7 Å². The van der Waals surface area contributed by atoms with Gasteiger partial charge in [0, 0.05) is 24.8 Å². The Hall–Kier alpha value is -2.02. The molecular weight excluding hydrogens is 386 g/mol. The Labute approximate surface area is 156 Å². The Kier molecular flexibility index (Phi) is 7.31. The Morgan fingerprint density at radius 3 is 2.84 bits per heavy atom. The van der Waals surface area contributed by atoms with Crippen LogP contribution in [0.5, 0.6) is 11.5 Å². The van der Waals surface area contributed by atoms with E-state index >= 15 is 0 Å². The van der Waals surface area contributed by atoms with Gasteiger partial charge in [0.15, 0.2) is 11.5 Å². The van der Waals surface area contributed by atoms with Crippen LogP contribution in [0.25, 0.3) is 0 Å². The molecule has 7 heteroatoms. The first kappa shape index (κ1) is 19.3. The number of nitrogens with one attached hydrogen (secondary N) is 1. The quantitative estimate of drug-likeness (QED) is 0.642. The molecule has 136 valence electrons. The predicted molar refractivity (Wildman–Crippen MR) is 100 cm³/mol. The van der Waals surface area contributed by atoms with Gasteiger partial charge in [-0.3, -0.25) is 9.48 Å². The Bertz CT molecular complexity index is 716. The second kappa shape index (κ2) is 9.46. The number of hydrogen-bond acceptors (Lipinski definition) is 4. The topological polar surface area (TPSA) is 65.4 Å². The molecule has 1 N–H and O–H groups in total. The fourth-order valence-corrected chi connectivity index (χ4v) is 2.89. The summed E-state index contributed by atoms with van der Waals surface area (Å²) in [6.45, 7) is 5.97. The predicted octanol–water partition coefficient (Wildman–Crippen LogP) is 3.57. The van der Waals surface area contributed by atoms with E-state index in [1.54, 1.807) is 19.2 Å². The summed E-state index contributed by atoms with van der Waals surface area (Å²) in [6.07, 6.45) is 5.51. The van der Waals surface area contributed by atoms with Gasteiger partial charge in [-0.05, 0) is 53.4 Å². The van der Waals surface area contributed by atoms with Crippen LogP contribution in [0.3, 0.4) is 0 Å². The maximum atomic E-state index is 12.4. The molecule has 0 bridgehead atoms. The number of halogens is 1. The van der Waals surface area contributed by atoms with Crippen molar-refractivity contribution >= 4 is 21.8 Å². The van der Waals surface area contributed by atoms with Crippen LogP contribution in [0.2, 0.25) is 0 Å². The van der Waals surface area contributed by atoms with Crippen molar-refractivity contribution in [1.29, 1.82) is 0 Å². The lowest BCUT2D eigenvalue weighted by molar-refractivity contribution is 0.0952. The Morgan fingerprint density at radius 1 is 1.40 bits per heavy atom. The van der Waals surface area contributed by atoms with Gasteiger partial charge >= 0.3 is 0 Å². The van der Waals surface area contributed by atoms with Crippen LogP contribution in [0.4, 0.5) is 0 Å². The lowest BCUT2D eigenvalue weighted by atomic mass is 10.2. The van der Waals surface area contributed by atoms with E-state index < -0.39 is 0 Å². The number of amides is 1. The fourth-order valence-electron chi connectivity index (χ4n) is 2.33. The summed E-state index contributed by atoms with van der Waals surface area (Å²) in [6, 6.07) is 3.45. The summed E-state index contributed by atoms with van der Waals surface area (Å²) in [5.74, 6) is 1.02. The Morgan fingerprint density at radius 2 is 2.20 bits per heavy atom. The number of nitrogens with zero attached hydrogens (tertiary/aromatic N) is 2. The number of methoxy groups -OCH3 is 1. The smallest absolute Gasteiger partial charge is 0.251 e. The van der Waals surface area contributed by atoms with Crippen molar-refractivity contribution in [3.05, 3.63) is 40.1 Å². The molecule has 0 aliphatic carbocycles. The number of carbonyl (C=O) groups excluding carboxylic acids is 1. The zero-order chi connectivity index (χ0) is 18.2. The highest BCUT2D eigenvalue weighted by molar-refractivity contribution is 9.10. The van der Waals surface area contributed by atoms with Crippen molar-refractivity contribution in [2.24, 2.45) is 0 Å². The number of benzene rings is 1. The van der Waals surface area contributed by atoms with Gasteiger partial charge in [0.05, 0.1) is 24.4 Å². The van der Waals surface area contributed by atoms with E-state index in [0.717, 1.165) is 24.9 Å². The third-order valence-electron chi connectivity index (χ3n) is 3.55. The van der Waals surface area contributed by atoms with Crippen molar-refractivity contribution < 1.29 is 14.3 Å². The molecule has 1 heterocycles. The number of carbonyl (C=O) groups is 1. The minimum Gasteiger partial charge on any atom is -0.493 e. The van der Waals surface area contributed by atoms with E-state index in [-0.39, 0.29) is 5.91 Å². The zero-order valence-corrected chi connectivity index (χ0v) is 16.4. The summed E-state index contributed by atoms with van der Waals surface area (Å²) in [4.78, 5) is 12.4. The van der Waals surface area contributed by atoms with Gasteiger partial charge in [-0.15, -0.1) is 0 Å². The van der Waals surface area contributed by atoms with Gasteiger partial charge < -0.3 is 14.8 Å². The van der Waals surface area contributed by atoms with Crippen molar-refractivity contribution in [3.63, 3.8) is 0 Å². The molecule has 1 aromatic carbocycles. The molecule has 0 atom stereocenters. The average molecular weight is 410 g/mol. The molecule has 0 saturated carbocycles. The summed E-state index contributed by atoms with van der Waals surface area (Å²) in [7, 11) is 1.56. The lowest BCUT2D eigenvalue weighted by Crippen LogP contribution is -2.25. The highest BCUT2D eigenvalue weighted by Crippen LogP contribution is 2.36. The monoisotopic (exact) mass is 409 g/mol. The third kappa shape index (κ3) is 5.49. The molecule has 0 spiro atoms. The number of aryl methyl sites for hydroxylation is 2. The second-order valence-corrected chi connectivity index (χ2v) is 6.58. The molecule has 0 aliphatic rings. The van der Waals surface area contributed by atoms with Crippen LogP contribution in [0.15, 0.2) is 29.0 Å². The molecule has 1 aromatic heterocycles. The maximum absolute atomic E-state index is 12.4. The lowest BCUT2D eigenvalue weighted by Gasteiger charge is -2.14. The van der Waals surface area contributed by atoms with Gasteiger partial charge in [-0.25, -0.2) is 0 Å². The van der Waals surface area contributed by atoms with E-state index in [4.69, 9.17) is 9.47 Å². The first-order valence-electron chi connectivity index (χ1n) is 8.32. The minimum absolute atomic E-state index is 0.141. The number of ether oxygens (including phenoxy) is 2. The largest absolute Gasteiger partial charge is 0.493 e. The van der Waals surface area contributed by atoms with Gasteiger partial charge in [0.1, 0.15) is 0 Å². The van der Waals surface area contributed by atoms with Crippen LogP contribution in [-0.4, -0.2) is 35.9 Å². The second-order valence-electron chi connectivity index (χ2n) is 5.73. The highest BCUT2D eigenvalue weighted by atomic mass is 79.9. The molecule has 0 aliphatic heterocycles. The third-order valence-corrected chi connectivity index (χ3v) is 4.14. The zero-order valence-electron chi connectivity index (χ0n) is 14.8. The van der Waals surface area contributed by atoms with Crippen LogP contribution in [0, 0.1) is 6.92 Å². The SMILES string of the molecule is CCCOc1c(Br)cc(C(=O)NCCCn2cc(C)cn2)cc1OC. The molecule has 0 radical (unpaired) electrons. The van der Waals surface area contributed by atoms with Gasteiger partial charge in [-0.1, -0.05) is 6.92 Å². The summed E-state index contributed by atoms with van der Waals surface area (Å²) in [5.41, 5.74) is 1.66. The van der Waals surface area contributed by atoms with Crippen LogP contribution >= 0.6 is 15.9 Å². The van der Waals surface area contributed by atoms with Crippen molar-refractivity contribution in [2.75, 3.05) is 20.3 Å². The summed E-state index contributed by atoms with van der Waals surface area (Å²) in [5, 5.41) is 7.15. The number of aromatic nitrogens is 2. The first-order chi connectivity index (χ1) is 12.0. The summed E-state index contributed by atoms with van der Waals surface area (Å²) < 4.78 is 13.6. The van der Waals surface area contributed by atoms with Gasteiger partial charge in [0.25, 0.3) is 5.91 Å². The Balaban J connectivity index is 1.93. The molecule has 6 nitrogen and oxygen atoms in total. The average Bonchev–Trinajstić information content (AvgIpc) is 3.02. The van der Waals surface area contributed by atoms with E-state index in [9.17, 15) is 4.79 Å². The molecule has 25 heavy (non-hydrogen) atoms. The molecule has 0 saturated heterocycles. The molecule has 0 unspecified atom stereocenters. The first-order valence-corrected chi connectivity index (χ1v) is 9.12. The van der Waals surface area contributed by atoms with Crippen molar-refractivity contribution in [1.82, 2.24) is 15.1 Å². The summed E-state index contributed by atoms with van der Waals surface area (Å²) >= 11 is 3.46. The maximum Gasteiger partial charge on any atom is 0.251 e. The fraction of sp³-hybridized carbons (Fsp3) is 0.444. The van der Waals surface area contributed by atoms with E-state index in [1.807, 2.05) is 30.9 Å². The van der Waals surface area contributed by atoms with Crippen LogP contribution in [-0.2, 0) is 6.54 Å². The van der Waals surface area contributed by atoms with E-state index in [1.165, 1.54) is 0 Å². The van der Waals surface area contributed by atoms with Crippen molar-refractivity contribution in [2.45, 2.75) is 33.2 Å². The molecule has 1 amide bonds. The number of rotatable bonds is 9. The minimum atomic E-state index is -0.141. The number of hydrogen-bond donors (Lipinski definition) is 1. The molecule has 0 fully saturated rings. The molecular formula is C18H24BrN3O3. The van der Waals surface area contributed by atoms with Crippen LogP contribution < -0.4 is 14.8 Å². The van der Waals surface area contributed by atoms with E-state index in [2.05, 4.69) is 26.3 Å². The highest BCUT2D eigenvalue weighted by Gasteiger charge is 2.15. The van der Waals surface area contributed by atoms with Crippen molar-refractivity contribution in [3.8, 4) is 11.5 Å². The normalized spacial score (nSPS) is 10.6.